The maximum absolute atomic E-state index is 11.8. The van der Waals surface area contributed by atoms with Crippen LogP contribution in [0.3, 0.4) is 0 Å². The van der Waals surface area contributed by atoms with E-state index in [0.717, 1.165) is 6.42 Å². The number of aromatic nitrogens is 2. The van der Waals surface area contributed by atoms with Gasteiger partial charge in [0.2, 0.25) is 5.89 Å². The summed E-state index contributed by atoms with van der Waals surface area (Å²) < 4.78 is 45.0. The summed E-state index contributed by atoms with van der Waals surface area (Å²) in [5, 5.41) is 6.80. The predicted molar refractivity (Wildman–Crippen MR) is 61.7 cm³/mol. The lowest BCUT2D eigenvalue weighted by Gasteiger charge is -2.09. The molecule has 1 aromatic heterocycles. The molecule has 0 radical (unpaired) electrons. The molecule has 0 saturated carbocycles. The molecule has 1 rings (SSSR count). The Morgan fingerprint density at radius 3 is 2.74 bits per heavy atom. The van der Waals surface area contributed by atoms with Gasteiger partial charge in [0.05, 0.1) is 6.61 Å². The van der Waals surface area contributed by atoms with Crippen molar-refractivity contribution in [1.82, 2.24) is 15.5 Å². The average Bonchev–Trinajstić information content (AvgIpc) is 2.78. The minimum Gasteiger partial charge on any atom is -0.372 e. The highest BCUT2D eigenvalue weighted by Gasteiger charge is 2.27. The van der Waals surface area contributed by atoms with Crippen LogP contribution in [0.5, 0.6) is 0 Å². The summed E-state index contributed by atoms with van der Waals surface area (Å²) in [5.41, 5.74) is 0. The Kier molecular flexibility index (Phi) is 6.23. The molecule has 1 atom stereocenters. The molecule has 0 aliphatic rings. The third kappa shape index (κ3) is 6.53. The Morgan fingerprint density at radius 2 is 2.16 bits per heavy atom. The van der Waals surface area contributed by atoms with Crippen LogP contribution in [0.15, 0.2) is 4.52 Å². The van der Waals surface area contributed by atoms with E-state index >= 15 is 0 Å². The molecule has 0 spiro atoms. The van der Waals surface area contributed by atoms with E-state index in [0.29, 0.717) is 18.1 Å². The van der Waals surface area contributed by atoms with Gasteiger partial charge in [0.15, 0.2) is 5.82 Å². The van der Waals surface area contributed by atoms with Crippen molar-refractivity contribution in [2.24, 2.45) is 0 Å². The fourth-order valence-electron chi connectivity index (χ4n) is 1.49. The third-order valence-corrected chi connectivity index (χ3v) is 2.57. The smallest absolute Gasteiger partial charge is 0.372 e. The fourth-order valence-corrected chi connectivity index (χ4v) is 1.49. The zero-order chi connectivity index (χ0) is 14.3. The molecule has 0 fully saturated rings. The van der Waals surface area contributed by atoms with E-state index in [-0.39, 0.29) is 19.1 Å². The van der Waals surface area contributed by atoms with Gasteiger partial charge in [-0.1, -0.05) is 12.1 Å². The normalized spacial score (nSPS) is 13.7. The quantitative estimate of drug-likeness (QED) is 0.735. The summed E-state index contributed by atoms with van der Waals surface area (Å²) in [6, 6.07) is 0.245. The van der Waals surface area contributed by atoms with Crippen molar-refractivity contribution in [3.8, 4) is 0 Å². The number of likely N-dealkylation sites (N-methyl/N-ethyl adjacent to an activating group) is 1. The van der Waals surface area contributed by atoms with Crippen molar-refractivity contribution in [3.05, 3.63) is 11.7 Å². The maximum Gasteiger partial charge on any atom is 0.411 e. The minimum absolute atomic E-state index is 0.0816. The highest BCUT2D eigenvalue weighted by atomic mass is 19.4. The number of hydrogen-bond acceptors (Lipinski definition) is 5. The van der Waals surface area contributed by atoms with Gasteiger partial charge in [0, 0.05) is 18.9 Å². The van der Waals surface area contributed by atoms with Gasteiger partial charge in [-0.2, -0.15) is 18.2 Å². The first-order valence-electron chi connectivity index (χ1n) is 6.07. The first-order chi connectivity index (χ1) is 8.94. The monoisotopic (exact) mass is 281 g/mol. The molecule has 0 aromatic carbocycles. The molecule has 1 aromatic rings. The number of nitrogens with one attached hydrogen (secondary N) is 1. The number of halogens is 3. The number of ether oxygens (including phenoxy) is 1. The topological polar surface area (TPSA) is 60.2 Å². The first kappa shape index (κ1) is 15.9. The van der Waals surface area contributed by atoms with Crippen molar-refractivity contribution < 1.29 is 22.4 Å². The summed E-state index contributed by atoms with van der Waals surface area (Å²) in [4.78, 5) is 4.10. The Balaban J connectivity index is 2.30. The molecule has 110 valence electrons. The second-order valence-corrected chi connectivity index (χ2v) is 4.12. The van der Waals surface area contributed by atoms with Gasteiger partial charge >= 0.3 is 6.18 Å². The van der Waals surface area contributed by atoms with E-state index in [9.17, 15) is 13.2 Å². The van der Waals surface area contributed by atoms with Crippen molar-refractivity contribution in [3.63, 3.8) is 0 Å². The average molecular weight is 281 g/mol. The molecule has 0 aliphatic carbocycles. The molecule has 1 unspecified atom stereocenters. The van der Waals surface area contributed by atoms with E-state index in [1.807, 2.05) is 14.0 Å². The Hall–Kier alpha value is -1.15. The molecule has 8 heteroatoms. The third-order valence-electron chi connectivity index (χ3n) is 2.57. The van der Waals surface area contributed by atoms with Crippen LogP contribution >= 0.6 is 0 Å². The summed E-state index contributed by atoms with van der Waals surface area (Å²) in [7, 11) is 1.84. The number of nitrogens with zero attached hydrogens (tertiary/aromatic N) is 2. The van der Waals surface area contributed by atoms with E-state index < -0.39 is 12.8 Å². The molecule has 19 heavy (non-hydrogen) atoms. The summed E-state index contributed by atoms with van der Waals surface area (Å²) >= 11 is 0. The van der Waals surface area contributed by atoms with Crippen LogP contribution in [0.4, 0.5) is 13.2 Å². The van der Waals surface area contributed by atoms with Crippen molar-refractivity contribution in [1.29, 1.82) is 0 Å². The van der Waals surface area contributed by atoms with Gasteiger partial charge in [-0.25, -0.2) is 0 Å². The van der Waals surface area contributed by atoms with Gasteiger partial charge in [-0.15, -0.1) is 0 Å². The van der Waals surface area contributed by atoms with Gasteiger partial charge in [-0.3, -0.25) is 0 Å². The van der Waals surface area contributed by atoms with E-state index in [1.165, 1.54) is 0 Å². The highest BCUT2D eigenvalue weighted by molar-refractivity contribution is 4.89. The molecule has 0 amide bonds. The number of rotatable bonds is 8. The SMILES string of the molecule is CCC(Cc1nc(CCOCC(F)(F)F)no1)NC. The first-order valence-corrected chi connectivity index (χ1v) is 6.07. The maximum atomic E-state index is 11.8. The lowest BCUT2D eigenvalue weighted by molar-refractivity contribution is -0.173. The van der Waals surface area contributed by atoms with Crippen LogP contribution < -0.4 is 5.32 Å². The van der Waals surface area contributed by atoms with Gasteiger partial charge in [0.1, 0.15) is 6.61 Å². The molecule has 5 nitrogen and oxygen atoms in total. The van der Waals surface area contributed by atoms with E-state index in [1.54, 1.807) is 0 Å². The molecule has 0 aliphatic heterocycles. The Morgan fingerprint density at radius 1 is 1.42 bits per heavy atom. The lowest BCUT2D eigenvalue weighted by Crippen LogP contribution is -2.26. The molecule has 0 saturated heterocycles. The van der Waals surface area contributed by atoms with Crippen molar-refractivity contribution in [2.75, 3.05) is 20.3 Å². The van der Waals surface area contributed by atoms with Crippen LogP contribution in [0.1, 0.15) is 25.1 Å². The van der Waals surface area contributed by atoms with E-state index in [4.69, 9.17) is 4.52 Å². The van der Waals surface area contributed by atoms with Gasteiger partial charge < -0.3 is 14.6 Å². The predicted octanol–water partition coefficient (Wildman–Crippen LogP) is 1.73. The number of alkyl halides is 3. The molecule has 0 bridgehead atoms. The highest BCUT2D eigenvalue weighted by Crippen LogP contribution is 2.14. The van der Waals surface area contributed by atoms with Crippen LogP contribution in [-0.4, -0.2) is 42.6 Å². The molecule has 1 heterocycles. The molecular formula is C11H18F3N3O2. The van der Waals surface area contributed by atoms with Gasteiger partial charge in [-0.05, 0) is 13.5 Å². The second-order valence-electron chi connectivity index (χ2n) is 4.12. The zero-order valence-corrected chi connectivity index (χ0v) is 11.0. The molecular weight excluding hydrogens is 263 g/mol. The fraction of sp³-hybridized carbons (Fsp3) is 0.818. The Bertz CT molecular complexity index is 364. The minimum atomic E-state index is -4.30. The van der Waals surface area contributed by atoms with Crippen LogP contribution in [0.25, 0.3) is 0 Å². The van der Waals surface area contributed by atoms with Crippen LogP contribution in [0.2, 0.25) is 0 Å². The Labute approximate surface area is 109 Å². The summed E-state index contributed by atoms with van der Waals surface area (Å²) in [6.45, 7) is 0.695. The van der Waals surface area contributed by atoms with Crippen LogP contribution in [-0.2, 0) is 17.6 Å². The largest absolute Gasteiger partial charge is 0.411 e. The zero-order valence-electron chi connectivity index (χ0n) is 11.0. The second kappa shape index (κ2) is 7.44. The lowest BCUT2D eigenvalue weighted by atomic mass is 10.1. The standard InChI is InChI=1S/C11H18F3N3O2/c1-3-8(15-2)6-10-16-9(17-19-10)4-5-18-7-11(12,13)14/h8,15H,3-7H2,1-2H3. The number of hydrogen-bond donors (Lipinski definition) is 1. The van der Waals surface area contributed by atoms with Crippen molar-refractivity contribution >= 4 is 0 Å². The van der Waals surface area contributed by atoms with Crippen molar-refractivity contribution in [2.45, 2.75) is 38.4 Å². The summed E-state index contributed by atoms with van der Waals surface area (Å²) in [6.07, 6.45) is -2.58. The van der Waals surface area contributed by atoms with Gasteiger partial charge in [0.25, 0.3) is 0 Å². The van der Waals surface area contributed by atoms with Crippen LogP contribution in [0, 0.1) is 0 Å². The molecule has 1 N–H and O–H groups in total. The van der Waals surface area contributed by atoms with E-state index in [2.05, 4.69) is 20.2 Å². The summed E-state index contributed by atoms with van der Waals surface area (Å²) in [5.74, 6) is 0.843.